The van der Waals surface area contributed by atoms with Gasteiger partial charge in [-0.3, -0.25) is 0 Å². The third kappa shape index (κ3) is 4.84. The largest absolute Gasteiger partial charge is 0.395 e. The zero-order valence-electron chi connectivity index (χ0n) is 9.46. The van der Waals surface area contributed by atoms with Crippen molar-refractivity contribution in [3.8, 4) is 0 Å². The van der Waals surface area contributed by atoms with Crippen LogP contribution in [0.15, 0.2) is 14.3 Å². The molecule has 0 radical (unpaired) electrons. The molecular weight excluding hydrogens is 354 g/mol. The third-order valence-corrected chi connectivity index (χ3v) is 5.49. The summed E-state index contributed by atoms with van der Waals surface area (Å²) in [4.78, 5) is 1.26. The van der Waals surface area contributed by atoms with Crippen LogP contribution in [-0.2, 0) is 6.54 Å². The first-order chi connectivity index (χ1) is 7.52. The molecule has 1 unspecified atom stereocenters. The predicted octanol–water partition coefficient (Wildman–Crippen LogP) is 3.77. The average molecular weight is 371 g/mol. The van der Waals surface area contributed by atoms with Gasteiger partial charge in [-0.25, -0.2) is 0 Å². The lowest BCUT2D eigenvalue weighted by molar-refractivity contribution is 0.224. The molecule has 0 aliphatic rings. The Labute approximate surface area is 118 Å². The molecule has 1 aromatic heterocycles. The lowest BCUT2D eigenvalue weighted by atomic mass is 10.0. The SMILES string of the molecule is CC(C)CC(CO)NCc1cc(Br)c(Br)s1. The Morgan fingerprint density at radius 1 is 1.44 bits per heavy atom. The third-order valence-electron chi connectivity index (χ3n) is 2.24. The maximum Gasteiger partial charge on any atom is 0.0843 e. The molecular formula is C11H17Br2NOS. The minimum atomic E-state index is 0.194. The topological polar surface area (TPSA) is 32.3 Å². The Balaban J connectivity index is 2.43. The van der Waals surface area contributed by atoms with Gasteiger partial charge in [-0.1, -0.05) is 13.8 Å². The summed E-state index contributed by atoms with van der Waals surface area (Å²) >= 11 is 8.65. The zero-order chi connectivity index (χ0) is 12.1. The van der Waals surface area contributed by atoms with Gasteiger partial charge in [0.25, 0.3) is 0 Å². The van der Waals surface area contributed by atoms with Gasteiger partial charge in [-0.2, -0.15) is 0 Å². The van der Waals surface area contributed by atoms with Crippen LogP contribution in [0, 0.1) is 5.92 Å². The Bertz CT molecular complexity index is 308. The van der Waals surface area contributed by atoms with Crippen LogP contribution in [0.1, 0.15) is 25.1 Å². The molecule has 1 rings (SSSR count). The monoisotopic (exact) mass is 369 g/mol. The minimum absolute atomic E-state index is 0.194. The fourth-order valence-electron chi connectivity index (χ4n) is 1.51. The predicted molar refractivity (Wildman–Crippen MR) is 76.9 cm³/mol. The lowest BCUT2D eigenvalue weighted by Gasteiger charge is -2.17. The molecule has 0 amide bonds. The van der Waals surface area contributed by atoms with Gasteiger partial charge in [-0.05, 0) is 50.3 Å². The summed E-state index contributed by atoms with van der Waals surface area (Å²) in [5.74, 6) is 0.603. The van der Waals surface area contributed by atoms with Gasteiger partial charge < -0.3 is 10.4 Å². The van der Waals surface area contributed by atoms with E-state index < -0.39 is 0 Å². The van der Waals surface area contributed by atoms with E-state index in [1.807, 2.05) is 0 Å². The van der Waals surface area contributed by atoms with Crippen LogP contribution in [0.3, 0.4) is 0 Å². The minimum Gasteiger partial charge on any atom is -0.395 e. The van der Waals surface area contributed by atoms with E-state index in [4.69, 9.17) is 0 Å². The second-order valence-corrected chi connectivity index (χ2v) is 7.53. The van der Waals surface area contributed by atoms with Gasteiger partial charge in [0.05, 0.1) is 10.4 Å². The molecule has 0 saturated carbocycles. The van der Waals surface area contributed by atoms with Crippen LogP contribution in [0.2, 0.25) is 0 Å². The number of thiophene rings is 1. The van der Waals surface area contributed by atoms with E-state index >= 15 is 0 Å². The summed E-state index contributed by atoms with van der Waals surface area (Å²) < 4.78 is 2.22. The van der Waals surface area contributed by atoms with Crippen molar-refractivity contribution in [1.29, 1.82) is 0 Å². The number of hydrogen-bond donors (Lipinski definition) is 2. The Hall–Kier alpha value is 0.580. The van der Waals surface area contributed by atoms with Gasteiger partial charge in [0.15, 0.2) is 0 Å². The first kappa shape index (κ1) is 14.6. The normalized spacial score (nSPS) is 13.4. The van der Waals surface area contributed by atoms with Crippen molar-refractivity contribution >= 4 is 43.2 Å². The summed E-state index contributed by atoms with van der Waals surface area (Å²) in [6.45, 7) is 5.35. The van der Waals surface area contributed by atoms with E-state index in [2.05, 4.69) is 57.1 Å². The molecule has 0 aliphatic heterocycles. The van der Waals surface area contributed by atoms with E-state index in [0.29, 0.717) is 5.92 Å². The Morgan fingerprint density at radius 2 is 2.12 bits per heavy atom. The molecule has 0 aromatic carbocycles. The zero-order valence-corrected chi connectivity index (χ0v) is 13.5. The molecule has 0 saturated heterocycles. The van der Waals surface area contributed by atoms with Crippen LogP contribution in [0.25, 0.3) is 0 Å². The fraction of sp³-hybridized carbons (Fsp3) is 0.636. The first-order valence-electron chi connectivity index (χ1n) is 5.31. The Kier molecular flexibility index (Phi) is 6.51. The van der Waals surface area contributed by atoms with Crippen molar-refractivity contribution in [2.45, 2.75) is 32.9 Å². The van der Waals surface area contributed by atoms with E-state index in [1.165, 1.54) is 4.88 Å². The molecule has 2 N–H and O–H groups in total. The smallest absolute Gasteiger partial charge is 0.0843 e. The van der Waals surface area contributed by atoms with Gasteiger partial charge in [0, 0.05) is 21.9 Å². The van der Waals surface area contributed by atoms with E-state index in [9.17, 15) is 5.11 Å². The van der Waals surface area contributed by atoms with Crippen LogP contribution in [-0.4, -0.2) is 17.8 Å². The molecule has 92 valence electrons. The maximum atomic E-state index is 9.24. The van der Waals surface area contributed by atoms with E-state index in [0.717, 1.165) is 21.2 Å². The van der Waals surface area contributed by atoms with Gasteiger partial charge in [-0.15, -0.1) is 11.3 Å². The maximum absolute atomic E-state index is 9.24. The molecule has 0 bridgehead atoms. The highest BCUT2D eigenvalue weighted by molar-refractivity contribution is 9.13. The van der Waals surface area contributed by atoms with Crippen molar-refractivity contribution in [2.75, 3.05) is 6.61 Å². The van der Waals surface area contributed by atoms with Crippen LogP contribution in [0.4, 0.5) is 0 Å². The van der Waals surface area contributed by atoms with Crippen molar-refractivity contribution in [3.05, 3.63) is 19.2 Å². The van der Waals surface area contributed by atoms with Gasteiger partial charge >= 0.3 is 0 Å². The van der Waals surface area contributed by atoms with Crippen LogP contribution < -0.4 is 5.32 Å². The summed E-state index contributed by atoms with van der Waals surface area (Å²) in [7, 11) is 0. The van der Waals surface area contributed by atoms with Crippen molar-refractivity contribution < 1.29 is 5.11 Å². The van der Waals surface area contributed by atoms with Crippen LogP contribution in [0.5, 0.6) is 0 Å². The molecule has 2 nitrogen and oxygen atoms in total. The molecule has 1 aromatic rings. The second kappa shape index (κ2) is 7.11. The quantitative estimate of drug-likeness (QED) is 0.798. The number of aliphatic hydroxyl groups is 1. The summed E-state index contributed by atoms with van der Waals surface area (Å²) in [6.07, 6.45) is 1.00. The number of nitrogens with one attached hydrogen (secondary N) is 1. The molecule has 16 heavy (non-hydrogen) atoms. The molecule has 0 spiro atoms. The molecule has 5 heteroatoms. The van der Waals surface area contributed by atoms with Crippen LogP contribution >= 0.6 is 43.2 Å². The summed E-state index contributed by atoms with van der Waals surface area (Å²) in [6, 6.07) is 2.30. The highest BCUT2D eigenvalue weighted by Gasteiger charge is 2.10. The van der Waals surface area contributed by atoms with Crippen molar-refractivity contribution in [2.24, 2.45) is 5.92 Å². The highest BCUT2D eigenvalue weighted by Crippen LogP contribution is 2.32. The Morgan fingerprint density at radius 3 is 2.56 bits per heavy atom. The van der Waals surface area contributed by atoms with Gasteiger partial charge in [0.2, 0.25) is 0 Å². The summed E-state index contributed by atoms with van der Waals surface area (Å²) in [5, 5.41) is 12.6. The van der Waals surface area contributed by atoms with Crippen molar-refractivity contribution in [1.82, 2.24) is 5.32 Å². The van der Waals surface area contributed by atoms with E-state index in [-0.39, 0.29) is 12.6 Å². The number of hydrogen-bond acceptors (Lipinski definition) is 3. The number of rotatable bonds is 6. The lowest BCUT2D eigenvalue weighted by Crippen LogP contribution is -2.32. The number of halogens is 2. The van der Waals surface area contributed by atoms with Crippen molar-refractivity contribution in [3.63, 3.8) is 0 Å². The summed E-state index contributed by atoms with van der Waals surface area (Å²) in [5.41, 5.74) is 0. The standard InChI is InChI=1S/C11H17Br2NOS/c1-7(2)3-8(6-15)14-5-9-4-10(12)11(13)16-9/h4,7-8,14-15H,3,5-6H2,1-2H3. The second-order valence-electron chi connectivity index (χ2n) is 4.22. The number of aliphatic hydroxyl groups excluding tert-OH is 1. The average Bonchev–Trinajstić information content (AvgIpc) is 2.53. The first-order valence-corrected chi connectivity index (χ1v) is 7.71. The molecule has 1 atom stereocenters. The molecule has 0 aliphatic carbocycles. The van der Waals surface area contributed by atoms with Gasteiger partial charge in [0.1, 0.15) is 0 Å². The highest BCUT2D eigenvalue weighted by atomic mass is 79.9. The van der Waals surface area contributed by atoms with E-state index in [1.54, 1.807) is 11.3 Å². The molecule has 0 fully saturated rings. The molecule has 1 heterocycles. The fourth-order valence-corrected chi connectivity index (χ4v) is 3.64.